The largest absolute Gasteiger partial charge is 0.377 e. The minimum absolute atomic E-state index is 0.0678. The van der Waals surface area contributed by atoms with Gasteiger partial charge in [-0.25, -0.2) is 0 Å². The van der Waals surface area contributed by atoms with E-state index in [2.05, 4.69) is 17.2 Å². The zero-order chi connectivity index (χ0) is 13.7. The maximum absolute atomic E-state index is 10.9. The predicted octanol–water partition coefficient (Wildman–Crippen LogP) is 3.76. The fraction of sp³-hybridized carbons (Fsp3) is 0.643. The molecule has 1 aromatic heterocycles. The van der Waals surface area contributed by atoms with Gasteiger partial charge >= 0.3 is 5.69 Å². The summed E-state index contributed by atoms with van der Waals surface area (Å²) in [6.07, 6.45) is 10.1. The van der Waals surface area contributed by atoms with Crippen molar-refractivity contribution in [2.24, 2.45) is 5.92 Å². The summed E-state index contributed by atoms with van der Waals surface area (Å²) in [7, 11) is 0. The number of aromatic nitrogens is 1. The first-order valence-electron chi connectivity index (χ1n) is 7.05. The molecule has 104 valence electrons. The molecule has 1 N–H and O–H groups in total. The van der Waals surface area contributed by atoms with E-state index < -0.39 is 0 Å². The molecule has 0 aromatic carbocycles. The second kappa shape index (κ2) is 6.50. The lowest BCUT2D eigenvalue weighted by molar-refractivity contribution is -0.384. The molecule has 1 aliphatic carbocycles. The van der Waals surface area contributed by atoms with Crippen molar-refractivity contribution in [1.29, 1.82) is 0 Å². The zero-order valence-electron chi connectivity index (χ0n) is 11.3. The van der Waals surface area contributed by atoms with Gasteiger partial charge in [-0.3, -0.25) is 15.1 Å². The molecule has 0 unspecified atom stereocenters. The van der Waals surface area contributed by atoms with Crippen LogP contribution in [0.15, 0.2) is 18.5 Å². The average Bonchev–Trinajstić information content (AvgIpc) is 2.42. The van der Waals surface area contributed by atoms with Gasteiger partial charge in [0.2, 0.25) is 0 Å². The summed E-state index contributed by atoms with van der Waals surface area (Å²) in [6.45, 7) is 2.23. The summed E-state index contributed by atoms with van der Waals surface area (Å²) in [6, 6.07) is 2.05. The maximum Gasteiger partial charge on any atom is 0.310 e. The number of nitrogens with zero attached hydrogens (tertiary/aromatic N) is 2. The summed E-state index contributed by atoms with van der Waals surface area (Å²) in [5.74, 6) is 0.843. The molecular weight excluding hydrogens is 242 g/mol. The third-order valence-electron chi connectivity index (χ3n) is 3.90. The highest BCUT2D eigenvalue weighted by molar-refractivity contribution is 5.60. The van der Waals surface area contributed by atoms with Crippen LogP contribution in [-0.4, -0.2) is 15.9 Å². The third kappa shape index (κ3) is 3.66. The van der Waals surface area contributed by atoms with E-state index >= 15 is 0 Å². The van der Waals surface area contributed by atoms with E-state index in [-0.39, 0.29) is 10.6 Å². The van der Waals surface area contributed by atoms with Crippen LogP contribution in [0.3, 0.4) is 0 Å². The average molecular weight is 263 g/mol. The van der Waals surface area contributed by atoms with Crippen molar-refractivity contribution >= 4 is 11.4 Å². The summed E-state index contributed by atoms with van der Waals surface area (Å²) < 4.78 is 0. The van der Waals surface area contributed by atoms with Crippen molar-refractivity contribution in [3.05, 3.63) is 28.6 Å². The lowest BCUT2D eigenvalue weighted by atomic mass is 9.83. The molecule has 0 aliphatic heterocycles. The summed E-state index contributed by atoms with van der Waals surface area (Å²) in [5, 5.41) is 14.2. The van der Waals surface area contributed by atoms with Crippen molar-refractivity contribution in [2.45, 2.75) is 51.5 Å². The molecule has 0 amide bonds. The van der Waals surface area contributed by atoms with Gasteiger partial charge in [-0.1, -0.05) is 19.8 Å². The zero-order valence-corrected chi connectivity index (χ0v) is 11.3. The van der Waals surface area contributed by atoms with Crippen LogP contribution < -0.4 is 5.32 Å². The molecule has 5 nitrogen and oxygen atoms in total. The molecule has 0 atom stereocenters. The molecule has 1 aromatic rings. The van der Waals surface area contributed by atoms with Crippen LogP contribution in [0, 0.1) is 16.0 Å². The first-order chi connectivity index (χ1) is 9.20. The Morgan fingerprint density at radius 2 is 2.16 bits per heavy atom. The molecule has 0 bridgehead atoms. The topological polar surface area (TPSA) is 68.1 Å². The van der Waals surface area contributed by atoms with Crippen molar-refractivity contribution < 1.29 is 4.92 Å². The van der Waals surface area contributed by atoms with Crippen molar-refractivity contribution in [2.75, 3.05) is 5.32 Å². The van der Waals surface area contributed by atoms with Gasteiger partial charge in [0.05, 0.1) is 4.92 Å². The van der Waals surface area contributed by atoms with Gasteiger partial charge in [0.1, 0.15) is 11.9 Å². The Balaban J connectivity index is 1.94. The second-order valence-electron chi connectivity index (χ2n) is 5.30. The van der Waals surface area contributed by atoms with Gasteiger partial charge in [-0.05, 0) is 37.7 Å². The first kappa shape index (κ1) is 13.8. The third-order valence-corrected chi connectivity index (χ3v) is 3.90. The van der Waals surface area contributed by atoms with Crippen LogP contribution >= 0.6 is 0 Å². The van der Waals surface area contributed by atoms with E-state index in [4.69, 9.17) is 0 Å². The van der Waals surface area contributed by atoms with Gasteiger partial charge in [0.25, 0.3) is 0 Å². The van der Waals surface area contributed by atoms with Crippen LogP contribution in [0.4, 0.5) is 11.4 Å². The van der Waals surface area contributed by atoms with E-state index in [1.807, 2.05) is 0 Å². The Hall–Kier alpha value is -1.65. The van der Waals surface area contributed by atoms with Gasteiger partial charge in [0, 0.05) is 12.2 Å². The highest BCUT2D eigenvalue weighted by atomic mass is 16.6. The van der Waals surface area contributed by atoms with E-state index in [0.29, 0.717) is 11.7 Å². The van der Waals surface area contributed by atoms with Crippen LogP contribution in [0.25, 0.3) is 0 Å². The standard InChI is InChI=1S/C14H21N3O2/c1-2-3-11-4-6-12(7-5-11)16-13-8-9-15-10-14(13)17(18)19/h8-12H,2-7H2,1H3,(H,15,16). The van der Waals surface area contributed by atoms with Crippen LogP contribution in [0.5, 0.6) is 0 Å². The predicted molar refractivity (Wildman–Crippen MR) is 75.2 cm³/mol. The van der Waals surface area contributed by atoms with E-state index in [1.54, 1.807) is 12.3 Å². The number of rotatable bonds is 5. The van der Waals surface area contributed by atoms with Crippen molar-refractivity contribution in [3.63, 3.8) is 0 Å². The molecule has 1 heterocycles. The van der Waals surface area contributed by atoms with Gasteiger partial charge in [-0.2, -0.15) is 0 Å². The SMILES string of the molecule is CCCC1CCC(Nc2ccncc2[N+](=O)[O-])CC1. The first-order valence-corrected chi connectivity index (χ1v) is 7.05. The summed E-state index contributed by atoms with van der Waals surface area (Å²) in [4.78, 5) is 14.4. The fourth-order valence-corrected chi connectivity index (χ4v) is 2.88. The Labute approximate surface area is 113 Å². The lowest BCUT2D eigenvalue weighted by Crippen LogP contribution is -2.26. The summed E-state index contributed by atoms with van der Waals surface area (Å²) in [5.41, 5.74) is 0.664. The lowest BCUT2D eigenvalue weighted by Gasteiger charge is -2.29. The van der Waals surface area contributed by atoms with Crippen LogP contribution in [0.2, 0.25) is 0 Å². The molecule has 19 heavy (non-hydrogen) atoms. The number of hydrogen-bond acceptors (Lipinski definition) is 4. The Morgan fingerprint density at radius 1 is 1.42 bits per heavy atom. The van der Waals surface area contributed by atoms with Crippen molar-refractivity contribution in [1.82, 2.24) is 4.98 Å². The molecule has 5 heteroatoms. The molecule has 1 fully saturated rings. The normalized spacial score (nSPS) is 23.0. The van der Waals surface area contributed by atoms with Gasteiger partial charge < -0.3 is 5.32 Å². The highest BCUT2D eigenvalue weighted by Gasteiger charge is 2.22. The molecule has 0 radical (unpaired) electrons. The van der Waals surface area contributed by atoms with Crippen LogP contribution in [0.1, 0.15) is 45.4 Å². The highest BCUT2D eigenvalue weighted by Crippen LogP contribution is 2.31. The molecular formula is C14H21N3O2. The van der Waals surface area contributed by atoms with Crippen molar-refractivity contribution in [3.8, 4) is 0 Å². The van der Waals surface area contributed by atoms with Gasteiger partial charge in [0.15, 0.2) is 0 Å². The quantitative estimate of drug-likeness (QED) is 0.648. The number of hydrogen-bond donors (Lipinski definition) is 1. The second-order valence-corrected chi connectivity index (χ2v) is 5.30. The number of nitrogens with one attached hydrogen (secondary N) is 1. The van der Waals surface area contributed by atoms with Crippen LogP contribution in [-0.2, 0) is 0 Å². The van der Waals surface area contributed by atoms with E-state index in [0.717, 1.165) is 18.8 Å². The maximum atomic E-state index is 10.9. The molecule has 1 saturated carbocycles. The molecule has 0 saturated heterocycles. The smallest absolute Gasteiger partial charge is 0.310 e. The Kier molecular flexibility index (Phi) is 4.71. The minimum atomic E-state index is -0.377. The Morgan fingerprint density at radius 3 is 2.79 bits per heavy atom. The van der Waals surface area contributed by atoms with E-state index in [1.165, 1.54) is 31.9 Å². The number of pyridine rings is 1. The summed E-state index contributed by atoms with van der Waals surface area (Å²) >= 11 is 0. The van der Waals surface area contributed by atoms with E-state index in [9.17, 15) is 10.1 Å². The number of nitro groups is 1. The monoisotopic (exact) mass is 263 g/mol. The Bertz CT molecular complexity index is 428. The molecule has 2 rings (SSSR count). The van der Waals surface area contributed by atoms with Gasteiger partial charge in [-0.15, -0.1) is 0 Å². The number of anilines is 1. The minimum Gasteiger partial charge on any atom is -0.377 e. The molecule has 0 spiro atoms. The molecule has 1 aliphatic rings. The fourth-order valence-electron chi connectivity index (χ4n) is 2.88.